The van der Waals surface area contributed by atoms with E-state index in [-0.39, 0.29) is 18.4 Å². The number of anilines is 3. The minimum atomic E-state index is -0.178. The molecule has 0 spiro atoms. The molecule has 0 bridgehead atoms. The molecule has 0 aromatic heterocycles. The maximum absolute atomic E-state index is 12.2. The monoisotopic (exact) mass is 357 g/mol. The third-order valence-electron chi connectivity index (χ3n) is 4.16. The molecule has 2 N–H and O–H groups in total. The Labute approximate surface area is 152 Å². The number of hydrogen-bond donors (Lipinski definition) is 2. The molecule has 1 fully saturated rings. The van der Waals surface area contributed by atoms with Gasteiger partial charge in [0.15, 0.2) is 0 Å². The van der Waals surface area contributed by atoms with Gasteiger partial charge >= 0.3 is 0 Å². The fraction of sp³-hybridized carbons (Fsp3) is 0.263. The number of carbonyl (C=O) groups excluding carboxylic acids is 2. The Morgan fingerprint density at radius 2 is 2.04 bits per heavy atom. The quantitative estimate of drug-likeness (QED) is 0.855. The van der Waals surface area contributed by atoms with E-state index in [1.807, 2.05) is 43.3 Å². The highest BCUT2D eigenvalue weighted by molar-refractivity contribution is 6.31. The number of amides is 2. The zero-order valence-corrected chi connectivity index (χ0v) is 14.8. The van der Waals surface area contributed by atoms with Crippen LogP contribution < -0.4 is 15.5 Å². The molecule has 3 rings (SSSR count). The summed E-state index contributed by atoms with van der Waals surface area (Å²) >= 11 is 6.07. The Kier molecular flexibility index (Phi) is 5.24. The molecule has 1 aliphatic heterocycles. The van der Waals surface area contributed by atoms with Crippen LogP contribution in [0, 0.1) is 6.92 Å². The second kappa shape index (κ2) is 7.57. The van der Waals surface area contributed by atoms with Crippen molar-refractivity contribution in [1.82, 2.24) is 0 Å². The van der Waals surface area contributed by atoms with Gasteiger partial charge in [0.25, 0.3) is 0 Å². The lowest BCUT2D eigenvalue weighted by molar-refractivity contribution is -0.117. The highest BCUT2D eigenvalue weighted by atomic mass is 35.5. The van der Waals surface area contributed by atoms with Gasteiger partial charge in [0.1, 0.15) is 0 Å². The summed E-state index contributed by atoms with van der Waals surface area (Å²) in [7, 11) is 0. The van der Waals surface area contributed by atoms with Gasteiger partial charge in [0.05, 0.1) is 17.9 Å². The van der Waals surface area contributed by atoms with Gasteiger partial charge in [0.2, 0.25) is 11.8 Å². The summed E-state index contributed by atoms with van der Waals surface area (Å²) in [6.07, 6.45) is 1.44. The van der Waals surface area contributed by atoms with Crippen LogP contribution in [-0.4, -0.2) is 24.9 Å². The van der Waals surface area contributed by atoms with Crippen LogP contribution in [0.1, 0.15) is 18.4 Å². The van der Waals surface area contributed by atoms with Crippen LogP contribution in [0.5, 0.6) is 0 Å². The first-order valence-electron chi connectivity index (χ1n) is 8.24. The van der Waals surface area contributed by atoms with Crippen molar-refractivity contribution in [2.24, 2.45) is 0 Å². The van der Waals surface area contributed by atoms with E-state index in [9.17, 15) is 9.59 Å². The van der Waals surface area contributed by atoms with Crippen LogP contribution in [0.3, 0.4) is 0 Å². The van der Waals surface area contributed by atoms with E-state index in [4.69, 9.17) is 11.6 Å². The average Bonchev–Trinajstić information content (AvgIpc) is 3.02. The first kappa shape index (κ1) is 17.3. The van der Waals surface area contributed by atoms with Crippen molar-refractivity contribution in [2.75, 3.05) is 28.6 Å². The standard InChI is InChI=1S/C19H20ClN3O2/c1-13-8-9-14(11-15(13)20)22-18(24)12-21-16-5-2-3-6-17(16)23-10-4-7-19(23)25/h2-3,5-6,8-9,11,21H,4,7,10,12H2,1H3,(H,22,24). The van der Waals surface area contributed by atoms with E-state index in [1.165, 1.54) is 0 Å². The van der Waals surface area contributed by atoms with Gasteiger partial charge in [-0.2, -0.15) is 0 Å². The lowest BCUT2D eigenvalue weighted by atomic mass is 10.2. The first-order chi connectivity index (χ1) is 12.0. The molecule has 130 valence electrons. The molecule has 5 nitrogen and oxygen atoms in total. The summed E-state index contributed by atoms with van der Waals surface area (Å²) in [4.78, 5) is 25.9. The molecule has 0 saturated carbocycles. The molecule has 1 heterocycles. The van der Waals surface area contributed by atoms with E-state index in [0.717, 1.165) is 23.4 Å². The van der Waals surface area contributed by atoms with Crippen molar-refractivity contribution in [3.8, 4) is 0 Å². The first-order valence-corrected chi connectivity index (χ1v) is 8.61. The number of para-hydroxylation sites is 2. The molecule has 6 heteroatoms. The summed E-state index contributed by atoms with van der Waals surface area (Å²) in [5, 5.41) is 6.54. The third-order valence-corrected chi connectivity index (χ3v) is 4.57. The summed E-state index contributed by atoms with van der Waals surface area (Å²) in [5.74, 6) is -0.0597. The van der Waals surface area contributed by atoms with E-state index in [2.05, 4.69) is 10.6 Å². The molecule has 2 aromatic carbocycles. The normalized spacial score (nSPS) is 13.8. The van der Waals surface area contributed by atoms with Crippen LogP contribution in [0.15, 0.2) is 42.5 Å². The van der Waals surface area contributed by atoms with Crippen molar-refractivity contribution in [2.45, 2.75) is 19.8 Å². The number of nitrogens with zero attached hydrogens (tertiary/aromatic N) is 1. The topological polar surface area (TPSA) is 61.4 Å². The summed E-state index contributed by atoms with van der Waals surface area (Å²) in [6, 6.07) is 12.9. The smallest absolute Gasteiger partial charge is 0.243 e. The lowest BCUT2D eigenvalue weighted by Gasteiger charge is -2.20. The molecule has 0 atom stereocenters. The molecule has 25 heavy (non-hydrogen) atoms. The Bertz CT molecular complexity index is 807. The van der Waals surface area contributed by atoms with Gasteiger partial charge in [0, 0.05) is 23.7 Å². The second-order valence-corrected chi connectivity index (χ2v) is 6.44. The lowest BCUT2D eigenvalue weighted by Crippen LogP contribution is -2.26. The maximum atomic E-state index is 12.2. The fourth-order valence-corrected chi connectivity index (χ4v) is 2.99. The SMILES string of the molecule is Cc1ccc(NC(=O)CNc2ccccc2N2CCCC2=O)cc1Cl. The second-order valence-electron chi connectivity index (χ2n) is 6.03. The van der Waals surface area contributed by atoms with Crippen molar-refractivity contribution in [1.29, 1.82) is 0 Å². The van der Waals surface area contributed by atoms with Gasteiger partial charge in [-0.3, -0.25) is 9.59 Å². The molecule has 0 radical (unpaired) electrons. The van der Waals surface area contributed by atoms with Gasteiger partial charge in [-0.1, -0.05) is 29.8 Å². The number of aryl methyl sites for hydroxylation is 1. The third kappa shape index (κ3) is 4.12. The molecule has 1 saturated heterocycles. The predicted octanol–water partition coefficient (Wildman–Crippen LogP) is 3.83. The van der Waals surface area contributed by atoms with E-state index >= 15 is 0 Å². The zero-order valence-electron chi connectivity index (χ0n) is 14.0. The van der Waals surface area contributed by atoms with E-state index in [1.54, 1.807) is 11.0 Å². The van der Waals surface area contributed by atoms with Gasteiger partial charge in [-0.15, -0.1) is 0 Å². The number of hydrogen-bond acceptors (Lipinski definition) is 3. The van der Waals surface area contributed by atoms with E-state index < -0.39 is 0 Å². The molecular formula is C19H20ClN3O2. The fourth-order valence-electron chi connectivity index (χ4n) is 2.81. The van der Waals surface area contributed by atoms with Gasteiger partial charge in [-0.05, 0) is 43.2 Å². The molecule has 0 unspecified atom stereocenters. The van der Waals surface area contributed by atoms with Crippen LogP contribution in [-0.2, 0) is 9.59 Å². The predicted molar refractivity (Wildman–Crippen MR) is 101 cm³/mol. The number of nitrogens with one attached hydrogen (secondary N) is 2. The number of rotatable bonds is 5. The Hall–Kier alpha value is -2.53. The Morgan fingerprint density at radius 1 is 1.24 bits per heavy atom. The highest BCUT2D eigenvalue weighted by Gasteiger charge is 2.23. The van der Waals surface area contributed by atoms with E-state index in [0.29, 0.717) is 23.7 Å². The zero-order chi connectivity index (χ0) is 17.8. The van der Waals surface area contributed by atoms with Crippen LogP contribution in [0.2, 0.25) is 5.02 Å². The molecule has 1 aliphatic rings. The Balaban J connectivity index is 1.64. The van der Waals surface area contributed by atoms with Crippen molar-refractivity contribution < 1.29 is 9.59 Å². The summed E-state index contributed by atoms with van der Waals surface area (Å²) in [5.41, 5.74) is 3.21. The Morgan fingerprint density at radius 3 is 2.76 bits per heavy atom. The summed E-state index contributed by atoms with van der Waals surface area (Å²) in [6.45, 7) is 2.72. The molecule has 2 amide bonds. The molecule has 2 aromatic rings. The highest BCUT2D eigenvalue weighted by Crippen LogP contribution is 2.29. The van der Waals surface area contributed by atoms with Crippen LogP contribution >= 0.6 is 11.6 Å². The maximum Gasteiger partial charge on any atom is 0.243 e. The molecular weight excluding hydrogens is 338 g/mol. The van der Waals surface area contributed by atoms with Gasteiger partial charge in [-0.25, -0.2) is 0 Å². The molecule has 0 aliphatic carbocycles. The van der Waals surface area contributed by atoms with Crippen molar-refractivity contribution in [3.63, 3.8) is 0 Å². The minimum Gasteiger partial charge on any atom is -0.374 e. The van der Waals surface area contributed by atoms with Crippen molar-refractivity contribution >= 4 is 40.5 Å². The van der Waals surface area contributed by atoms with Crippen LogP contribution in [0.25, 0.3) is 0 Å². The van der Waals surface area contributed by atoms with Crippen LogP contribution in [0.4, 0.5) is 17.1 Å². The largest absolute Gasteiger partial charge is 0.374 e. The van der Waals surface area contributed by atoms with Gasteiger partial charge < -0.3 is 15.5 Å². The number of benzene rings is 2. The number of carbonyl (C=O) groups is 2. The average molecular weight is 358 g/mol. The minimum absolute atomic E-state index is 0.102. The summed E-state index contributed by atoms with van der Waals surface area (Å²) < 4.78 is 0. The number of halogens is 1. The van der Waals surface area contributed by atoms with Crippen molar-refractivity contribution in [3.05, 3.63) is 53.1 Å².